The molecule has 1 aromatic rings. The fourth-order valence-electron chi connectivity index (χ4n) is 1.63. The Morgan fingerprint density at radius 1 is 1.53 bits per heavy atom. The predicted molar refractivity (Wildman–Crippen MR) is 73.5 cm³/mol. The number of aliphatic hydroxyl groups is 1. The van der Waals surface area contributed by atoms with Crippen molar-refractivity contribution in [3.8, 4) is 0 Å². The van der Waals surface area contributed by atoms with Crippen LogP contribution in [0.3, 0.4) is 0 Å². The molecule has 0 aliphatic rings. The number of anilines is 1. The Kier molecular flexibility index (Phi) is 4.82. The van der Waals surface area contributed by atoms with Crippen molar-refractivity contribution in [2.45, 2.75) is 25.9 Å². The average Bonchev–Trinajstić information content (AvgIpc) is 2.38. The van der Waals surface area contributed by atoms with Crippen LogP contribution in [0.4, 0.5) is 11.4 Å². The summed E-state index contributed by atoms with van der Waals surface area (Å²) in [5.74, 6) is 5.38. The number of hydrazine groups is 1. The summed E-state index contributed by atoms with van der Waals surface area (Å²) >= 11 is 0. The highest BCUT2D eigenvalue weighted by Gasteiger charge is 2.25. The number of nitrogens with two attached hydrogens (primary N) is 1. The van der Waals surface area contributed by atoms with Gasteiger partial charge in [-0.05, 0) is 26.5 Å². The van der Waals surface area contributed by atoms with Gasteiger partial charge in [0.25, 0.3) is 5.69 Å². The first kappa shape index (κ1) is 15.4. The zero-order valence-corrected chi connectivity index (χ0v) is 11.4. The summed E-state index contributed by atoms with van der Waals surface area (Å²) in [6.07, 6.45) is 0. The van der Waals surface area contributed by atoms with Crippen molar-refractivity contribution in [1.29, 1.82) is 0 Å². The topological polar surface area (TPSA) is 105 Å². The van der Waals surface area contributed by atoms with Crippen LogP contribution >= 0.6 is 0 Å². The minimum Gasteiger partial charge on any atom is -0.394 e. The zero-order valence-electron chi connectivity index (χ0n) is 11.4. The molecule has 19 heavy (non-hydrogen) atoms. The van der Waals surface area contributed by atoms with Crippen LogP contribution in [0.15, 0.2) is 18.2 Å². The van der Waals surface area contributed by atoms with Gasteiger partial charge >= 0.3 is 0 Å². The molecule has 1 rings (SSSR count). The molecular formula is C12H20N4O3. The number of benzene rings is 1. The number of hydrogen-bond donors (Lipinski definition) is 3. The van der Waals surface area contributed by atoms with E-state index in [2.05, 4.69) is 5.43 Å². The first-order chi connectivity index (χ1) is 8.83. The number of para-hydroxylation sites is 1. The molecule has 7 nitrogen and oxygen atoms in total. The summed E-state index contributed by atoms with van der Waals surface area (Å²) in [5, 5.41) is 20.2. The van der Waals surface area contributed by atoms with Gasteiger partial charge in [-0.2, -0.15) is 0 Å². The molecule has 106 valence electrons. The summed E-state index contributed by atoms with van der Waals surface area (Å²) in [4.78, 5) is 12.4. The molecule has 0 saturated heterocycles. The maximum Gasteiger partial charge on any atom is 0.293 e. The van der Waals surface area contributed by atoms with Crippen LogP contribution in [0, 0.1) is 10.1 Å². The van der Waals surface area contributed by atoms with E-state index in [4.69, 9.17) is 5.84 Å². The van der Waals surface area contributed by atoms with Gasteiger partial charge in [-0.25, -0.2) is 0 Å². The van der Waals surface area contributed by atoms with E-state index >= 15 is 0 Å². The molecule has 0 bridgehead atoms. The highest BCUT2D eigenvalue weighted by atomic mass is 16.6. The molecule has 1 aromatic carbocycles. The minimum atomic E-state index is -0.476. The summed E-state index contributed by atoms with van der Waals surface area (Å²) in [6.45, 7) is 4.21. The molecule has 0 spiro atoms. The normalized spacial score (nSPS) is 11.7. The Hall–Kier alpha value is -1.70. The lowest BCUT2D eigenvalue weighted by Gasteiger charge is -2.34. The average molecular weight is 268 g/mol. The molecular weight excluding hydrogens is 248 g/mol. The van der Waals surface area contributed by atoms with Crippen LogP contribution in [0.2, 0.25) is 0 Å². The van der Waals surface area contributed by atoms with Crippen molar-refractivity contribution >= 4 is 11.4 Å². The molecule has 0 aromatic heterocycles. The lowest BCUT2D eigenvalue weighted by atomic mass is 10.0. The monoisotopic (exact) mass is 268 g/mol. The second kappa shape index (κ2) is 5.96. The number of nitro groups is 1. The van der Waals surface area contributed by atoms with Crippen molar-refractivity contribution in [1.82, 2.24) is 4.90 Å². The van der Waals surface area contributed by atoms with E-state index in [1.807, 2.05) is 25.8 Å². The van der Waals surface area contributed by atoms with Crippen LogP contribution in [0.5, 0.6) is 0 Å². The van der Waals surface area contributed by atoms with Gasteiger partial charge in [0.05, 0.1) is 11.5 Å². The van der Waals surface area contributed by atoms with Crippen LogP contribution in [-0.4, -0.2) is 34.1 Å². The first-order valence-electron chi connectivity index (χ1n) is 5.88. The Bertz CT molecular complexity index is 462. The fourth-order valence-corrected chi connectivity index (χ4v) is 1.63. The van der Waals surface area contributed by atoms with E-state index < -0.39 is 10.5 Å². The molecule has 0 atom stereocenters. The quantitative estimate of drug-likeness (QED) is 0.405. The highest BCUT2D eigenvalue weighted by molar-refractivity contribution is 5.65. The number of nitrogens with zero attached hydrogens (tertiary/aromatic N) is 2. The van der Waals surface area contributed by atoms with Crippen LogP contribution < -0.4 is 11.3 Å². The highest BCUT2D eigenvalue weighted by Crippen LogP contribution is 2.29. The molecule has 0 heterocycles. The van der Waals surface area contributed by atoms with E-state index in [1.54, 1.807) is 12.1 Å². The SMILES string of the molecule is CN(Cc1cccc([N+](=O)[O-])c1NN)C(C)(C)CO. The van der Waals surface area contributed by atoms with E-state index in [0.717, 1.165) is 0 Å². The fraction of sp³-hybridized carbons (Fsp3) is 0.500. The summed E-state index contributed by atoms with van der Waals surface area (Å²) in [6, 6.07) is 4.79. The molecule has 0 saturated carbocycles. The van der Waals surface area contributed by atoms with Gasteiger partial charge in [-0.1, -0.05) is 12.1 Å². The number of rotatable bonds is 6. The van der Waals surface area contributed by atoms with Crippen LogP contribution in [-0.2, 0) is 6.54 Å². The van der Waals surface area contributed by atoms with Crippen molar-refractivity contribution in [2.24, 2.45) is 5.84 Å². The third-order valence-corrected chi connectivity index (χ3v) is 3.30. The van der Waals surface area contributed by atoms with E-state index in [9.17, 15) is 15.2 Å². The first-order valence-corrected chi connectivity index (χ1v) is 5.88. The summed E-state index contributed by atoms with van der Waals surface area (Å²) in [5.41, 5.74) is 2.92. The van der Waals surface area contributed by atoms with Crippen molar-refractivity contribution in [3.05, 3.63) is 33.9 Å². The van der Waals surface area contributed by atoms with Crippen LogP contribution in [0.1, 0.15) is 19.4 Å². The van der Waals surface area contributed by atoms with Gasteiger partial charge in [0, 0.05) is 18.2 Å². The minimum absolute atomic E-state index is 0.0101. The van der Waals surface area contributed by atoms with E-state index in [-0.39, 0.29) is 12.3 Å². The van der Waals surface area contributed by atoms with Crippen molar-refractivity contribution < 1.29 is 10.0 Å². The Balaban J connectivity index is 3.08. The van der Waals surface area contributed by atoms with Crippen molar-refractivity contribution in [2.75, 3.05) is 19.1 Å². The smallest absolute Gasteiger partial charge is 0.293 e. The third kappa shape index (κ3) is 3.40. The maximum atomic E-state index is 10.9. The number of nitrogens with one attached hydrogen (secondary N) is 1. The third-order valence-electron chi connectivity index (χ3n) is 3.30. The molecule has 0 aliphatic carbocycles. The molecule has 4 N–H and O–H groups in total. The number of likely N-dealkylation sites (N-methyl/N-ethyl adjacent to an activating group) is 1. The van der Waals surface area contributed by atoms with Gasteiger partial charge in [-0.15, -0.1) is 0 Å². The standard InChI is InChI=1S/C12H20N4O3/c1-12(2,8-17)15(3)7-9-5-4-6-10(16(18)19)11(9)14-13/h4-6,14,17H,7-8,13H2,1-3H3. The lowest BCUT2D eigenvalue weighted by Crippen LogP contribution is -2.43. The van der Waals surface area contributed by atoms with E-state index in [0.29, 0.717) is 17.8 Å². The summed E-state index contributed by atoms with van der Waals surface area (Å²) in [7, 11) is 1.84. The van der Waals surface area contributed by atoms with Gasteiger partial charge < -0.3 is 10.5 Å². The molecule has 0 radical (unpaired) electrons. The Labute approximate surface area is 112 Å². The molecule has 0 unspecified atom stereocenters. The van der Waals surface area contributed by atoms with Gasteiger partial charge in [0.2, 0.25) is 0 Å². The van der Waals surface area contributed by atoms with Crippen molar-refractivity contribution in [3.63, 3.8) is 0 Å². The second-order valence-electron chi connectivity index (χ2n) is 5.04. The predicted octanol–water partition coefficient (Wildman–Crippen LogP) is 1.08. The number of nitrogen functional groups attached to an aromatic ring is 1. The number of hydrogen-bond acceptors (Lipinski definition) is 6. The maximum absolute atomic E-state index is 10.9. The van der Waals surface area contributed by atoms with E-state index in [1.165, 1.54) is 6.07 Å². The molecule has 0 fully saturated rings. The van der Waals surface area contributed by atoms with Gasteiger partial charge in [0.1, 0.15) is 5.69 Å². The molecule has 0 amide bonds. The second-order valence-corrected chi connectivity index (χ2v) is 5.04. The van der Waals surface area contributed by atoms with Gasteiger partial charge in [0.15, 0.2) is 0 Å². The van der Waals surface area contributed by atoms with Gasteiger partial charge in [-0.3, -0.25) is 20.9 Å². The molecule has 7 heteroatoms. The Morgan fingerprint density at radius 3 is 2.63 bits per heavy atom. The zero-order chi connectivity index (χ0) is 14.6. The largest absolute Gasteiger partial charge is 0.394 e. The molecule has 0 aliphatic heterocycles. The lowest BCUT2D eigenvalue weighted by molar-refractivity contribution is -0.384. The number of nitro benzene ring substituents is 1. The number of aliphatic hydroxyl groups excluding tert-OH is 1. The Morgan fingerprint density at radius 2 is 2.16 bits per heavy atom. The van der Waals surface area contributed by atoms with Crippen LogP contribution in [0.25, 0.3) is 0 Å². The summed E-state index contributed by atoms with van der Waals surface area (Å²) < 4.78 is 0.